The van der Waals surface area contributed by atoms with Gasteiger partial charge in [0.05, 0.1) is 10.5 Å². The lowest BCUT2D eigenvalue weighted by molar-refractivity contribution is -0.123. The van der Waals surface area contributed by atoms with Gasteiger partial charge in [-0.2, -0.15) is 11.8 Å². The van der Waals surface area contributed by atoms with Crippen LogP contribution in [0.5, 0.6) is 0 Å². The first-order chi connectivity index (χ1) is 12.7. The second-order valence-corrected chi connectivity index (χ2v) is 8.17. The van der Waals surface area contributed by atoms with Crippen molar-refractivity contribution < 1.29 is 22.7 Å². The molecule has 0 spiro atoms. The SMILES string of the molecule is CSCc1ccc(C(=O)O[C@H](C)C(=O)Nc2cccc(S(N)(=O)=O)c2)cc1. The molecule has 0 saturated heterocycles. The zero-order chi connectivity index (χ0) is 20.0. The number of ether oxygens (including phenoxy) is 1. The Labute approximate surface area is 162 Å². The highest BCUT2D eigenvalue weighted by Gasteiger charge is 2.19. The van der Waals surface area contributed by atoms with Gasteiger partial charge in [-0.05, 0) is 49.1 Å². The summed E-state index contributed by atoms with van der Waals surface area (Å²) in [7, 11) is -3.88. The van der Waals surface area contributed by atoms with Crippen LogP contribution in [-0.2, 0) is 25.3 Å². The molecule has 0 radical (unpaired) electrons. The highest BCUT2D eigenvalue weighted by atomic mass is 32.2. The van der Waals surface area contributed by atoms with Crippen molar-refractivity contribution in [1.29, 1.82) is 0 Å². The van der Waals surface area contributed by atoms with Crippen molar-refractivity contribution in [2.45, 2.75) is 23.7 Å². The molecule has 0 aliphatic carbocycles. The van der Waals surface area contributed by atoms with Crippen LogP contribution in [-0.4, -0.2) is 32.7 Å². The quantitative estimate of drug-likeness (QED) is 0.680. The molecule has 2 aromatic carbocycles. The van der Waals surface area contributed by atoms with Gasteiger partial charge in [0, 0.05) is 11.4 Å². The third-order valence-electron chi connectivity index (χ3n) is 3.58. The summed E-state index contributed by atoms with van der Waals surface area (Å²) < 4.78 is 27.9. The first-order valence-electron chi connectivity index (χ1n) is 7.93. The molecular formula is C18H20N2O5S2. The summed E-state index contributed by atoms with van der Waals surface area (Å²) in [6.07, 6.45) is 0.919. The highest BCUT2D eigenvalue weighted by molar-refractivity contribution is 7.97. The lowest BCUT2D eigenvalue weighted by Crippen LogP contribution is -2.30. The van der Waals surface area contributed by atoms with Gasteiger partial charge in [-0.25, -0.2) is 18.4 Å². The van der Waals surface area contributed by atoms with Crippen molar-refractivity contribution in [3.8, 4) is 0 Å². The summed E-state index contributed by atoms with van der Waals surface area (Å²) in [6.45, 7) is 1.43. The number of amides is 1. The van der Waals surface area contributed by atoms with Gasteiger partial charge in [-0.1, -0.05) is 18.2 Å². The van der Waals surface area contributed by atoms with E-state index in [0.717, 1.165) is 11.3 Å². The average Bonchev–Trinajstić information content (AvgIpc) is 2.62. The van der Waals surface area contributed by atoms with E-state index in [2.05, 4.69) is 5.32 Å². The molecule has 0 fully saturated rings. The molecule has 0 aromatic heterocycles. The molecule has 0 saturated carbocycles. The summed E-state index contributed by atoms with van der Waals surface area (Å²) >= 11 is 1.67. The molecule has 27 heavy (non-hydrogen) atoms. The van der Waals surface area contributed by atoms with Crippen molar-refractivity contribution in [3.05, 3.63) is 59.7 Å². The fourth-order valence-corrected chi connectivity index (χ4v) is 3.27. The standard InChI is InChI=1S/C18H20N2O5S2/c1-12(25-18(22)14-8-6-13(7-9-14)11-26-2)17(21)20-15-4-3-5-16(10-15)27(19,23)24/h3-10,12H,11H2,1-2H3,(H,20,21)(H2,19,23,24)/t12-/m1/s1. The van der Waals surface area contributed by atoms with Crippen molar-refractivity contribution in [2.75, 3.05) is 11.6 Å². The fraction of sp³-hybridized carbons (Fsp3) is 0.222. The fourth-order valence-electron chi connectivity index (χ4n) is 2.18. The first-order valence-corrected chi connectivity index (χ1v) is 10.9. The van der Waals surface area contributed by atoms with Crippen LogP contribution in [0, 0.1) is 0 Å². The molecule has 144 valence electrons. The molecule has 1 atom stereocenters. The minimum absolute atomic E-state index is 0.129. The third kappa shape index (κ3) is 6.09. The predicted octanol–water partition coefficient (Wildman–Crippen LogP) is 2.38. The Balaban J connectivity index is 2.00. The van der Waals surface area contributed by atoms with Crippen LogP contribution in [0.25, 0.3) is 0 Å². The Hall–Kier alpha value is -2.36. The Morgan fingerprint density at radius 2 is 1.85 bits per heavy atom. The van der Waals surface area contributed by atoms with Gasteiger partial charge >= 0.3 is 5.97 Å². The summed E-state index contributed by atoms with van der Waals surface area (Å²) in [5, 5.41) is 7.56. The lowest BCUT2D eigenvalue weighted by atomic mass is 10.1. The molecule has 0 aliphatic rings. The number of nitrogens with one attached hydrogen (secondary N) is 1. The normalized spacial score (nSPS) is 12.3. The maximum absolute atomic E-state index is 12.2. The number of carbonyl (C=O) groups is 2. The summed E-state index contributed by atoms with van der Waals surface area (Å²) in [5.74, 6) is -0.369. The number of thioether (sulfide) groups is 1. The van der Waals surface area contributed by atoms with Crippen LogP contribution in [0.2, 0.25) is 0 Å². The largest absolute Gasteiger partial charge is 0.449 e. The predicted molar refractivity (Wildman–Crippen MR) is 105 cm³/mol. The van der Waals surface area contributed by atoms with E-state index in [-0.39, 0.29) is 10.6 Å². The average molecular weight is 409 g/mol. The monoisotopic (exact) mass is 408 g/mol. The van der Waals surface area contributed by atoms with Gasteiger partial charge in [-0.15, -0.1) is 0 Å². The molecule has 3 N–H and O–H groups in total. The van der Waals surface area contributed by atoms with Crippen LogP contribution in [0.4, 0.5) is 5.69 Å². The van der Waals surface area contributed by atoms with E-state index in [9.17, 15) is 18.0 Å². The molecule has 9 heteroatoms. The van der Waals surface area contributed by atoms with E-state index in [1.165, 1.54) is 31.2 Å². The number of sulfonamides is 1. The van der Waals surface area contributed by atoms with Crippen LogP contribution >= 0.6 is 11.8 Å². The maximum Gasteiger partial charge on any atom is 0.338 e. The molecule has 0 bridgehead atoms. The number of hydrogen-bond donors (Lipinski definition) is 2. The second kappa shape index (κ2) is 9.03. The van der Waals surface area contributed by atoms with E-state index < -0.39 is 28.0 Å². The first kappa shape index (κ1) is 20.9. The number of rotatable bonds is 7. The van der Waals surface area contributed by atoms with Crippen molar-refractivity contribution in [3.63, 3.8) is 0 Å². The molecule has 1 amide bonds. The van der Waals surface area contributed by atoms with E-state index in [1.807, 2.05) is 18.4 Å². The Kier molecular flexibility index (Phi) is 7.00. The number of hydrogen-bond acceptors (Lipinski definition) is 6. The summed E-state index contributed by atoms with van der Waals surface area (Å²) in [4.78, 5) is 24.2. The van der Waals surface area contributed by atoms with Gasteiger partial charge in [-0.3, -0.25) is 4.79 Å². The maximum atomic E-state index is 12.2. The second-order valence-electron chi connectivity index (χ2n) is 5.74. The number of carbonyl (C=O) groups excluding carboxylic acids is 2. The van der Waals surface area contributed by atoms with Gasteiger partial charge in [0.1, 0.15) is 0 Å². The number of esters is 1. The van der Waals surface area contributed by atoms with Gasteiger partial charge in [0.25, 0.3) is 5.91 Å². The zero-order valence-electron chi connectivity index (χ0n) is 14.8. The van der Waals surface area contributed by atoms with Crippen LogP contribution in [0.1, 0.15) is 22.8 Å². The Morgan fingerprint density at radius 1 is 1.19 bits per heavy atom. The molecule has 2 aromatic rings. The van der Waals surface area contributed by atoms with Gasteiger partial charge in [0.15, 0.2) is 6.10 Å². The van der Waals surface area contributed by atoms with Crippen LogP contribution < -0.4 is 10.5 Å². The summed E-state index contributed by atoms with van der Waals surface area (Å²) in [5.41, 5.74) is 1.66. The van der Waals surface area contributed by atoms with Crippen LogP contribution in [0.15, 0.2) is 53.4 Å². The smallest absolute Gasteiger partial charge is 0.338 e. The molecule has 7 nitrogen and oxygen atoms in total. The van der Waals surface area contributed by atoms with Gasteiger partial charge < -0.3 is 10.1 Å². The zero-order valence-corrected chi connectivity index (χ0v) is 16.5. The Morgan fingerprint density at radius 3 is 2.44 bits per heavy atom. The highest BCUT2D eigenvalue weighted by Crippen LogP contribution is 2.15. The van der Waals surface area contributed by atoms with E-state index in [0.29, 0.717) is 5.56 Å². The molecule has 2 rings (SSSR count). The number of nitrogens with two attached hydrogens (primary N) is 1. The molecule has 0 aliphatic heterocycles. The summed E-state index contributed by atoms with van der Waals surface area (Å²) in [6, 6.07) is 12.4. The van der Waals surface area contributed by atoms with Gasteiger partial charge in [0.2, 0.25) is 10.0 Å². The van der Waals surface area contributed by atoms with Crippen LogP contribution in [0.3, 0.4) is 0 Å². The molecule has 0 heterocycles. The topological polar surface area (TPSA) is 116 Å². The molecular weight excluding hydrogens is 388 g/mol. The van der Waals surface area contributed by atoms with E-state index in [1.54, 1.807) is 23.9 Å². The Bertz CT molecular complexity index is 927. The minimum Gasteiger partial charge on any atom is -0.449 e. The number of primary sulfonamides is 1. The molecule has 0 unspecified atom stereocenters. The lowest BCUT2D eigenvalue weighted by Gasteiger charge is -2.14. The number of benzene rings is 2. The van der Waals surface area contributed by atoms with Crippen molar-refractivity contribution in [2.24, 2.45) is 5.14 Å². The van der Waals surface area contributed by atoms with E-state index >= 15 is 0 Å². The minimum atomic E-state index is -3.88. The van der Waals surface area contributed by atoms with Crippen molar-refractivity contribution in [1.82, 2.24) is 0 Å². The third-order valence-corrected chi connectivity index (χ3v) is 5.12. The van der Waals surface area contributed by atoms with Crippen molar-refractivity contribution >= 4 is 39.3 Å². The number of anilines is 1. The van der Waals surface area contributed by atoms with E-state index in [4.69, 9.17) is 9.88 Å².